The molecule has 35 heavy (non-hydrogen) atoms. The summed E-state index contributed by atoms with van der Waals surface area (Å²) in [4.78, 5) is 32.5. The molecule has 2 heterocycles. The third-order valence-corrected chi connectivity index (χ3v) is 6.24. The molecule has 1 saturated heterocycles. The molecule has 1 aliphatic heterocycles. The van der Waals surface area contributed by atoms with Gasteiger partial charge in [0.05, 0.1) is 18.3 Å². The Hall–Kier alpha value is -3.05. The summed E-state index contributed by atoms with van der Waals surface area (Å²) >= 11 is 6.14. The smallest absolute Gasteiger partial charge is 0.410 e. The second kappa shape index (κ2) is 11.6. The Labute approximate surface area is 211 Å². The van der Waals surface area contributed by atoms with Crippen molar-refractivity contribution in [2.24, 2.45) is 0 Å². The quantitative estimate of drug-likeness (QED) is 0.456. The molecule has 0 bridgehead atoms. The van der Waals surface area contributed by atoms with E-state index in [-0.39, 0.29) is 43.6 Å². The van der Waals surface area contributed by atoms with E-state index in [0.717, 1.165) is 9.87 Å². The summed E-state index contributed by atoms with van der Waals surface area (Å²) in [5.74, 6) is 0. The van der Waals surface area contributed by atoms with Crippen LogP contribution < -0.4 is 4.31 Å². The number of carbonyl (C=O) groups is 2. The third-order valence-electron chi connectivity index (χ3n) is 5.17. The van der Waals surface area contributed by atoms with Gasteiger partial charge in [0.25, 0.3) is 0 Å². The average Bonchev–Trinajstić information content (AvgIpc) is 2.81. The number of hydrogen-bond acceptors (Lipinski definition) is 7. The molecule has 10 nitrogen and oxygen atoms in total. The number of piperazine rings is 1. The molecular weight excluding hydrogens is 496 g/mol. The number of anilines is 1. The lowest BCUT2D eigenvalue weighted by Crippen LogP contribution is -2.60. The highest BCUT2D eigenvalue weighted by molar-refractivity contribution is 7.74. The fourth-order valence-corrected chi connectivity index (χ4v) is 4.51. The zero-order valence-corrected chi connectivity index (χ0v) is 21.4. The van der Waals surface area contributed by atoms with Gasteiger partial charge in [-0.1, -0.05) is 41.9 Å². The summed E-state index contributed by atoms with van der Waals surface area (Å²) in [5.41, 5.74) is 0.271. The maximum atomic E-state index is 12.9. The predicted molar refractivity (Wildman–Crippen MR) is 132 cm³/mol. The molecule has 0 aliphatic carbocycles. The number of halogens is 1. The number of aromatic nitrogens is 1. The first kappa shape index (κ1) is 26.6. The summed E-state index contributed by atoms with van der Waals surface area (Å²) in [6, 6.07) is 11.6. The fraction of sp³-hybridized carbons (Fsp3) is 0.435. The molecule has 3 rings (SSSR count). The maximum Gasteiger partial charge on any atom is 0.410 e. The van der Waals surface area contributed by atoms with Gasteiger partial charge in [0.15, 0.2) is 5.15 Å². The van der Waals surface area contributed by atoms with Crippen molar-refractivity contribution >= 4 is 40.4 Å². The van der Waals surface area contributed by atoms with E-state index in [2.05, 4.69) is 4.98 Å². The van der Waals surface area contributed by atoms with Crippen molar-refractivity contribution < 1.29 is 27.5 Å². The number of carbonyl (C=O) groups excluding carboxylic acids is 2. The van der Waals surface area contributed by atoms with Gasteiger partial charge in [-0.3, -0.25) is 9.21 Å². The number of ether oxygens (including phenoxy) is 2. The first-order chi connectivity index (χ1) is 16.5. The molecule has 2 aromatic rings. The molecule has 1 atom stereocenters. The van der Waals surface area contributed by atoms with Crippen molar-refractivity contribution in [3.05, 3.63) is 59.4 Å². The van der Waals surface area contributed by atoms with Gasteiger partial charge >= 0.3 is 12.2 Å². The van der Waals surface area contributed by atoms with E-state index in [9.17, 15) is 18.0 Å². The molecule has 1 aromatic heterocycles. The average molecular weight is 525 g/mol. The van der Waals surface area contributed by atoms with Crippen molar-refractivity contribution in [2.75, 3.05) is 30.5 Å². The van der Waals surface area contributed by atoms with Gasteiger partial charge in [0.2, 0.25) is 10.9 Å². The number of thiol groups is 1. The SMILES string of the molecule is CC(C)(C)OC(=O)N1CCN(C(=O)OCc2ccccc2)CC1CN(c1cccnc1Cl)[SH](=O)=O. The van der Waals surface area contributed by atoms with E-state index in [1.54, 1.807) is 26.8 Å². The molecule has 0 spiro atoms. The highest BCUT2D eigenvalue weighted by Gasteiger charge is 2.37. The minimum Gasteiger partial charge on any atom is -0.445 e. The topological polar surface area (TPSA) is 109 Å². The minimum atomic E-state index is -3.12. The zero-order chi connectivity index (χ0) is 25.6. The minimum absolute atomic E-state index is 0.00505. The van der Waals surface area contributed by atoms with Crippen LogP contribution in [0.15, 0.2) is 48.7 Å². The number of benzene rings is 1. The standard InChI is InChI=1S/C23H29ClN4O6S/c1-23(2,3)34-22(30)27-13-12-26(21(29)33-16-17-8-5-4-6-9-17)14-18(27)15-28(35(31)32)19-10-7-11-25-20(19)24/h4-11,18,35H,12-16H2,1-3H3. The van der Waals surface area contributed by atoms with E-state index >= 15 is 0 Å². The van der Waals surface area contributed by atoms with Crippen LogP contribution in [0.25, 0.3) is 0 Å². The highest BCUT2D eigenvalue weighted by atomic mass is 35.5. The van der Waals surface area contributed by atoms with Gasteiger partial charge in [0, 0.05) is 25.8 Å². The van der Waals surface area contributed by atoms with Crippen molar-refractivity contribution in [3.63, 3.8) is 0 Å². The Morgan fingerprint density at radius 3 is 2.46 bits per heavy atom. The van der Waals surface area contributed by atoms with E-state index in [1.807, 2.05) is 30.3 Å². The lowest BCUT2D eigenvalue weighted by molar-refractivity contribution is -0.00159. The Balaban J connectivity index is 1.80. The molecule has 0 saturated carbocycles. The number of rotatable bonds is 6. The summed E-state index contributed by atoms with van der Waals surface area (Å²) in [6.07, 6.45) is 0.290. The molecule has 1 unspecified atom stereocenters. The van der Waals surface area contributed by atoms with Crippen LogP contribution in [-0.2, 0) is 27.0 Å². The summed E-state index contributed by atoms with van der Waals surface area (Å²) in [6.45, 7) is 5.58. The lowest BCUT2D eigenvalue weighted by Gasteiger charge is -2.42. The van der Waals surface area contributed by atoms with Crippen LogP contribution in [0.1, 0.15) is 26.3 Å². The van der Waals surface area contributed by atoms with Crippen LogP contribution >= 0.6 is 11.6 Å². The molecule has 190 valence electrons. The second-order valence-electron chi connectivity index (χ2n) is 8.95. The first-order valence-electron chi connectivity index (χ1n) is 11.0. The van der Waals surface area contributed by atoms with Gasteiger partial charge in [-0.2, -0.15) is 0 Å². The molecule has 1 fully saturated rings. The van der Waals surface area contributed by atoms with Gasteiger partial charge < -0.3 is 14.4 Å². The largest absolute Gasteiger partial charge is 0.445 e. The predicted octanol–water partition coefficient (Wildman–Crippen LogP) is 3.33. The molecular formula is C23H29ClN4O6S. The summed E-state index contributed by atoms with van der Waals surface area (Å²) in [5, 5.41) is 0.00505. The Bertz CT molecular complexity index is 1100. The Kier molecular flexibility index (Phi) is 8.79. The van der Waals surface area contributed by atoms with Gasteiger partial charge in [-0.05, 0) is 38.5 Å². The molecule has 1 aliphatic rings. The molecule has 1 aromatic carbocycles. The van der Waals surface area contributed by atoms with E-state index < -0.39 is 34.7 Å². The normalized spacial score (nSPS) is 16.2. The van der Waals surface area contributed by atoms with E-state index in [0.29, 0.717) is 0 Å². The van der Waals surface area contributed by atoms with Gasteiger partial charge in [-0.15, -0.1) is 0 Å². The van der Waals surface area contributed by atoms with Crippen molar-refractivity contribution in [1.29, 1.82) is 0 Å². The molecule has 12 heteroatoms. The molecule has 2 amide bonds. The van der Waals surface area contributed by atoms with Crippen molar-refractivity contribution in [3.8, 4) is 0 Å². The highest BCUT2D eigenvalue weighted by Crippen LogP contribution is 2.25. The number of pyridine rings is 1. The monoisotopic (exact) mass is 524 g/mol. The Morgan fingerprint density at radius 1 is 1.11 bits per heavy atom. The Morgan fingerprint density at radius 2 is 1.83 bits per heavy atom. The molecule has 0 radical (unpaired) electrons. The number of amides is 2. The van der Waals surface area contributed by atoms with Crippen LogP contribution in [0.2, 0.25) is 5.15 Å². The van der Waals surface area contributed by atoms with Crippen LogP contribution in [0, 0.1) is 0 Å². The van der Waals surface area contributed by atoms with Crippen molar-refractivity contribution in [1.82, 2.24) is 14.8 Å². The number of hydrogen-bond donors (Lipinski definition) is 1. The van der Waals surface area contributed by atoms with Crippen molar-refractivity contribution in [2.45, 2.75) is 39.0 Å². The van der Waals surface area contributed by atoms with Gasteiger partial charge in [-0.25, -0.2) is 23.0 Å². The number of nitrogens with zero attached hydrogens (tertiary/aromatic N) is 4. The third kappa shape index (κ3) is 7.46. The van der Waals surface area contributed by atoms with E-state index in [1.165, 1.54) is 22.1 Å². The lowest BCUT2D eigenvalue weighted by atomic mass is 10.1. The zero-order valence-electron chi connectivity index (χ0n) is 19.8. The first-order valence-corrected chi connectivity index (χ1v) is 12.5. The van der Waals surface area contributed by atoms with Crippen LogP contribution in [-0.4, -0.2) is 73.2 Å². The maximum absolute atomic E-state index is 12.9. The van der Waals surface area contributed by atoms with E-state index in [4.69, 9.17) is 21.1 Å². The molecule has 0 N–H and O–H groups in total. The summed E-state index contributed by atoms with van der Waals surface area (Å²) < 4.78 is 36.3. The second-order valence-corrected chi connectivity index (χ2v) is 10.3. The fourth-order valence-electron chi connectivity index (χ4n) is 3.57. The van der Waals surface area contributed by atoms with Crippen LogP contribution in [0.5, 0.6) is 0 Å². The summed E-state index contributed by atoms with van der Waals surface area (Å²) in [7, 11) is -3.12. The van der Waals surface area contributed by atoms with Crippen LogP contribution in [0.3, 0.4) is 0 Å². The van der Waals surface area contributed by atoms with Crippen LogP contribution in [0.4, 0.5) is 15.3 Å². The van der Waals surface area contributed by atoms with Gasteiger partial charge in [0.1, 0.15) is 12.2 Å².